The molecule has 2 N–H and O–H groups in total. The van der Waals surface area contributed by atoms with Gasteiger partial charge in [0.2, 0.25) is 0 Å². The average molecular weight is 303 g/mol. The third-order valence-corrected chi connectivity index (χ3v) is 6.68. The van der Waals surface area contributed by atoms with E-state index in [1.807, 2.05) is 19.1 Å². The molecule has 21 heavy (non-hydrogen) atoms. The second kappa shape index (κ2) is 4.70. The van der Waals surface area contributed by atoms with Crippen LogP contribution < -0.4 is 10.5 Å². The molecular weight excluding hydrogens is 278 g/mol. The van der Waals surface area contributed by atoms with E-state index in [0.29, 0.717) is 16.5 Å². The summed E-state index contributed by atoms with van der Waals surface area (Å²) in [4.78, 5) is 0.451. The maximum Gasteiger partial charge on any atom is 0.120 e. The normalized spacial score (nSPS) is 33.1. The van der Waals surface area contributed by atoms with Gasteiger partial charge in [-0.2, -0.15) is 0 Å². The van der Waals surface area contributed by atoms with Crippen molar-refractivity contribution in [3.05, 3.63) is 29.3 Å². The molecule has 0 spiro atoms. The van der Waals surface area contributed by atoms with Gasteiger partial charge >= 0.3 is 0 Å². The van der Waals surface area contributed by atoms with Crippen LogP contribution in [0.15, 0.2) is 18.2 Å². The Morgan fingerprint density at radius 2 is 2.05 bits per heavy atom. The number of hydrogen-bond donors (Lipinski definition) is 1. The number of thiocarbonyl (C=S) groups is 1. The molecule has 114 valence electrons. The molecule has 2 bridgehead atoms. The SMILES string of the molecule is Cc1cc(OC2CC3CCC2(C)C3(C)C)ccc1C(N)=S. The minimum absolute atomic E-state index is 0.285. The maximum atomic E-state index is 6.38. The predicted molar refractivity (Wildman–Crippen MR) is 90.7 cm³/mol. The van der Waals surface area contributed by atoms with Crippen LogP contribution in [0.1, 0.15) is 51.2 Å². The second-order valence-corrected chi connectivity index (χ2v) is 8.00. The lowest BCUT2D eigenvalue weighted by Gasteiger charge is -2.39. The molecule has 0 amide bonds. The van der Waals surface area contributed by atoms with E-state index in [2.05, 4.69) is 26.8 Å². The molecule has 2 aliphatic rings. The van der Waals surface area contributed by atoms with Crippen molar-refractivity contribution in [2.75, 3.05) is 0 Å². The first kappa shape index (κ1) is 14.8. The molecule has 0 aromatic heterocycles. The minimum Gasteiger partial charge on any atom is -0.490 e. The number of hydrogen-bond acceptors (Lipinski definition) is 2. The average Bonchev–Trinajstić information content (AvgIpc) is 2.71. The van der Waals surface area contributed by atoms with E-state index in [1.165, 1.54) is 19.3 Å². The Morgan fingerprint density at radius 3 is 2.52 bits per heavy atom. The van der Waals surface area contributed by atoms with E-state index in [9.17, 15) is 0 Å². The van der Waals surface area contributed by atoms with Gasteiger partial charge in [0, 0.05) is 11.0 Å². The van der Waals surface area contributed by atoms with Gasteiger partial charge in [0.05, 0.1) is 0 Å². The Morgan fingerprint density at radius 1 is 1.33 bits per heavy atom. The lowest BCUT2D eigenvalue weighted by Crippen LogP contribution is -2.38. The lowest BCUT2D eigenvalue weighted by molar-refractivity contribution is 0.0301. The van der Waals surface area contributed by atoms with Crippen molar-refractivity contribution >= 4 is 17.2 Å². The largest absolute Gasteiger partial charge is 0.490 e. The van der Waals surface area contributed by atoms with Crippen LogP contribution >= 0.6 is 12.2 Å². The van der Waals surface area contributed by atoms with Crippen molar-refractivity contribution < 1.29 is 4.74 Å². The number of benzene rings is 1. The molecule has 1 aromatic carbocycles. The van der Waals surface area contributed by atoms with Crippen LogP contribution in [0.25, 0.3) is 0 Å². The van der Waals surface area contributed by atoms with Gasteiger partial charge in [-0.15, -0.1) is 0 Å². The van der Waals surface area contributed by atoms with Crippen molar-refractivity contribution in [3.63, 3.8) is 0 Å². The van der Waals surface area contributed by atoms with E-state index in [-0.39, 0.29) is 5.41 Å². The van der Waals surface area contributed by atoms with Gasteiger partial charge in [-0.05, 0) is 61.3 Å². The topological polar surface area (TPSA) is 35.2 Å². The summed E-state index contributed by atoms with van der Waals surface area (Å²) in [6.45, 7) is 9.26. The van der Waals surface area contributed by atoms with Crippen molar-refractivity contribution in [3.8, 4) is 5.75 Å². The van der Waals surface area contributed by atoms with E-state index < -0.39 is 0 Å². The summed E-state index contributed by atoms with van der Waals surface area (Å²) in [6.07, 6.45) is 4.13. The Labute approximate surface area is 133 Å². The first-order valence-corrected chi connectivity index (χ1v) is 8.23. The van der Waals surface area contributed by atoms with Crippen molar-refractivity contribution in [2.45, 2.75) is 53.1 Å². The summed E-state index contributed by atoms with van der Waals surface area (Å²) < 4.78 is 6.38. The predicted octanol–water partition coefficient (Wildman–Crippen LogP) is 4.22. The monoisotopic (exact) mass is 303 g/mol. The summed E-state index contributed by atoms with van der Waals surface area (Å²) >= 11 is 5.06. The Kier molecular flexibility index (Phi) is 3.32. The molecule has 3 unspecified atom stereocenters. The highest BCUT2D eigenvalue weighted by Crippen LogP contribution is 2.66. The highest BCUT2D eigenvalue weighted by molar-refractivity contribution is 7.80. The van der Waals surface area contributed by atoms with E-state index in [0.717, 1.165) is 22.8 Å². The molecule has 3 atom stereocenters. The highest BCUT2D eigenvalue weighted by atomic mass is 32.1. The van der Waals surface area contributed by atoms with Crippen LogP contribution in [0.4, 0.5) is 0 Å². The van der Waals surface area contributed by atoms with Gasteiger partial charge < -0.3 is 10.5 Å². The van der Waals surface area contributed by atoms with Crippen molar-refractivity contribution in [1.29, 1.82) is 0 Å². The molecule has 2 saturated carbocycles. The van der Waals surface area contributed by atoms with Gasteiger partial charge in [0.25, 0.3) is 0 Å². The fourth-order valence-electron chi connectivity index (χ4n) is 4.46. The summed E-state index contributed by atoms with van der Waals surface area (Å²) in [5.74, 6) is 1.74. The quantitative estimate of drug-likeness (QED) is 0.849. The molecule has 3 rings (SSSR count). The van der Waals surface area contributed by atoms with Crippen molar-refractivity contribution in [2.24, 2.45) is 22.5 Å². The second-order valence-electron chi connectivity index (χ2n) is 7.56. The zero-order chi connectivity index (χ0) is 15.4. The zero-order valence-electron chi connectivity index (χ0n) is 13.4. The number of rotatable bonds is 3. The van der Waals surface area contributed by atoms with E-state index >= 15 is 0 Å². The van der Waals surface area contributed by atoms with Crippen LogP contribution in [0.2, 0.25) is 0 Å². The van der Waals surface area contributed by atoms with Crippen LogP contribution in [0.3, 0.4) is 0 Å². The first-order valence-electron chi connectivity index (χ1n) is 7.83. The van der Waals surface area contributed by atoms with Gasteiger partial charge in [0.1, 0.15) is 16.8 Å². The molecule has 2 nitrogen and oxygen atoms in total. The van der Waals surface area contributed by atoms with Crippen LogP contribution in [-0.2, 0) is 0 Å². The summed E-state index contributed by atoms with van der Waals surface area (Å²) in [7, 11) is 0. The number of nitrogens with two attached hydrogens (primary N) is 1. The lowest BCUT2D eigenvalue weighted by atomic mass is 9.70. The molecule has 0 aliphatic heterocycles. The Hall–Kier alpha value is -1.09. The minimum atomic E-state index is 0.285. The van der Waals surface area contributed by atoms with Crippen LogP contribution in [0.5, 0.6) is 5.75 Å². The Balaban J connectivity index is 1.83. The molecular formula is C18H25NOS. The highest BCUT2D eigenvalue weighted by Gasteiger charge is 2.62. The summed E-state index contributed by atoms with van der Waals surface area (Å²) in [5, 5.41) is 0. The third-order valence-electron chi connectivity index (χ3n) is 6.46. The fourth-order valence-corrected chi connectivity index (χ4v) is 4.69. The molecule has 0 heterocycles. The smallest absolute Gasteiger partial charge is 0.120 e. The number of ether oxygens (including phenoxy) is 1. The molecule has 2 fully saturated rings. The molecule has 1 aromatic rings. The van der Waals surface area contributed by atoms with Gasteiger partial charge in [-0.3, -0.25) is 0 Å². The Bertz CT molecular complexity index is 595. The standard InChI is InChI=1S/C18H25NOS/c1-11-9-13(5-6-14(11)16(19)21)20-15-10-12-7-8-18(15,4)17(12,2)3/h5-6,9,12,15H,7-8,10H2,1-4H3,(H2,19,21). The van der Waals surface area contributed by atoms with E-state index in [1.54, 1.807) is 0 Å². The fraction of sp³-hybridized carbons (Fsp3) is 0.611. The molecule has 0 saturated heterocycles. The van der Waals surface area contributed by atoms with Crippen LogP contribution in [0, 0.1) is 23.7 Å². The van der Waals surface area contributed by atoms with Gasteiger partial charge in [0.15, 0.2) is 0 Å². The van der Waals surface area contributed by atoms with Crippen LogP contribution in [-0.4, -0.2) is 11.1 Å². The first-order chi connectivity index (χ1) is 9.75. The maximum absolute atomic E-state index is 6.38. The number of aryl methyl sites for hydroxylation is 1. The van der Waals surface area contributed by atoms with Gasteiger partial charge in [-0.25, -0.2) is 0 Å². The molecule has 2 aliphatic carbocycles. The van der Waals surface area contributed by atoms with Crippen molar-refractivity contribution in [1.82, 2.24) is 0 Å². The van der Waals surface area contributed by atoms with E-state index in [4.69, 9.17) is 22.7 Å². The third kappa shape index (κ3) is 2.09. The summed E-state index contributed by atoms with van der Waals surface area (Å²) in [5.41, 5.74) is 8.42. The van der Waals surface area contributed by atoms with Gasteiger partial charge in [-0.1, -0.05) is 33.0 Å². The number of fused-ring (bicyclic) bond motifs is 2. The zero-order valence-corrected chi connectivity index (χ0v) is 14.2. The molecule has 3 heteroatoms. The molecule has 0 radical (unpaired) electrons. The summed E-state index contributed by atoms with van der Waals surface area (Å²) in [6, 6.07) is 6.05.